The predicted octanol–water partition coefficient (Wildman–Crippen LogP) is 4.36. The molecule has 0 fully saturated rings. The fourth-order valence-corrected chi connectivity index (χ4v) is 3.68. The Bertz CT molecular complexity index is 1230. The Hall–Kier alpha value is -4.03. The van der Waals surface area contributed by atoms with Crippen LogP contribution >= 0.6 is 11.8 Å². The second kappa shape index (κ2) is 14.3. The number of amides is 1. The summed E-state index contributed by atoms with van der Waals surface area (Å²) < 4.78 is 12.4. The largest absolute Gasteiger partial charge is 0.489 e. The second-order valence-electron chi connectivity index (χ2n) is 7.29. The van der Waals surface area contributed by atoms with E-state index < -0.39 is 0 Å². The average Bonchev–Trinajstić information content (AvgIpc) is 3.34. The number of carbonyl (C=O) groups excluding carboxylic acids is 1. The zero-order chi connectivity index (χ0) is 25.6. The molecule has 0 saturated heterocycles. The molecule has 1 aromatic carbocycles. The number of nitriles is 1. The van der Waals surface area contributed by atoms with Crippen molar-refractivity contribution in [1.29, 1.82) is 5.26 Å². The van der Waals surface area contributed by atoms with Gasteiger partial charge in [0.05, 0.1) is 12.3 Å². The lowest BCUT2D eigenvalue weighted by Gasteiger charge is -2.12. The van der Waals surface area contributed by atoms with E-state index in [0.717, 1.165) is 17.3 Å². The zero-order valence-corrected chi connectivity index (χ0v) is 20.6. The topological polar surface area (TPSA) is 110 Å². The van der Waals surface area contributed by atoms with Crippen LogP contribution in [0.1, 0.15) is 30.9 Å². The first-order valence-electron chi connectivity index (χ1n) is 10.8. The smallest absolute Gasteiger partial charge is 0.260 e. The molecule has 35 heavy (non-hydrogen) atoms. The summed E-state index contributed by atoms with van der Waals surface area (Å²) in [6.07, 6.45) is 1.60. The van der Waals surface area contributed by atoms with E-state index >= 15 is 0 Å². The van der Waals surface area contributed by atoms with Crippen LogP contribution in [0.15, 0.2) is 88.2 Å². The molecule has 0 aliphatic heterocycles. The first kappa shape index (κ1) is 27.2. The van der Waals surface area contributed by atoms with Crippen LogP contribution in [0, 0.1) is 11.3 Å². The Morgan fingerprint density at radius 3 is 2.60 bits per heavy atom. The Balaban J connectivity index is 0.00000210. The molecule has 0 unspecified atom stereocenters. The molecule has 0 radical (unpaired) electrons. The number of aliphatic imine (C=N–C) groups is 1. The molecule has 182 valence electrons. The zero-order valence-electron chi connectivity index (χ0n) is 19.8. The Labute approximate surface area is 208 Å². The molecule has 8 nitrogen and oxygen atoms in total. The van der Waals surface area contributed by atoms with Crippen molar-refractivity contribution in [2.75, 3.05) is 5.75 Å². The summed E-state index contributed by atoms with van der Waals surface area (Å²) in [6.45, 7) is 10.3. The van der Waals surface area contributed by atoms with Crippen LogP contribution in [-0.2, 0) is 17.9 Å². The summed E-state index contributed by atoms with van der Waals surface area (Å²) in [6, 6.07) is 17.8. The van der Waals surface area contributed by atoms with Crippen molar-refractivity contribution in [3.63, 3.8) is 0 Å². The van der Waals surface area contributed by atoms with E-state index in [1.165, 1.54) is 10.6 Å². The maximum atomic E-state index is 12.7. The predicted molar refractivity (Wildman–Crippen MR) is 138 cm³/mol. The highest BCUT2D eigenvalue weighted by Crippen LogP contribution is 2.13. The molecule has 0 bridgehead atoms. The normalized spacial score (nSPS) is 10.7. The number of pyridine rings is 1. The molecule has 1 amide bonds. The maximum Gasteiger partial charge on any atom is 0.260 e. The van der Waals surface area contributed by atoms with Crippen LogP contribution in [0.5, 0.6) is 5.75 Å². The Morgan fingerprint density at radius 1 is 1.23 bits per heavy atom. The number of furan rings is 1. The SMILES string of the molecule is C=C.CC(C)N=C(SCC(=O)NCc1ccc(C#N)o1)n1ccc(OCc2ccccc2)cc1=O. The highest BCUT2D eigenvalue weighted by molar-refractivity contribution is 8.14. The van der Waals surface area contributed by atoms with Crippen LogP contribution in [0.3, 0.4) is 0 Å². The van der Waals surface area contributed by atoms with Gasteiger partial charge < -0.3 is 14.5 Å². The highest BCUT2D eigenvalue weighted by Gasteiger charge is 2.12. The minimum Gasteiger partial charge on any atom is -0.489 e. The number of hydrogen-bond donors (Lipinski definition) is 1. The number of aromatic nitrogens is 1. The third-order valence-electron chi connectivity index (χ3n) is 4.28. The van der Waals surface area contributed by atoms with E-state index in [9.17, 15) is 9.59 Å². The first-order chi connectivity index (χ1) is 16.9. The Morgan fingerprint density at radius 2 is 1.97 bits per heavy atom. The van der Waals surface area contributed by atoms with E-state index in [1.54, 1.807) is 24.4 Å². The summed E-state index contributed by atoms with van der Waals surface area (Å²) in [5, 5.41) is 11.9. The van der Waals surface area contributed by atoms with E-state index in [4.69, 9.17) is 14.4 Å². The lowest BCUT2D eigenvalue weighted by Crippen LogP contribution is -2.29. The molecule has 3 rings (SSSR count). The van der Waals surface area contributed by atoms with Gasteiger partial charge in [0.15, 0.2) is 5.17 Å². The molecule has 0 spiro atoms. The van der Waals surface area contributed by atoms with Crippen molar-refractivity contribution in [3.8, 4) is 11.8 Å². The van der Waals surface area contributed by atoms with Gasteiger partial charge in [0.25, 0.3) is 5.56 Å². The highest BCUT2D eigenvalue weighted by atomic mass is 32.2. The third-order valence-corrected chi connectivity index (χ3v) is 5.24. The third kappa shape index (κ3) is 9.02. The molecule has 9 heteroatoms. The maximum absolute atomic E-state index is 12.7. The number of nitrogens with one attached hydrogen (secondary N) is 1. The first-order valence-corrected chi connectivity index (χ1v) is 11.8. The molecule has 0 aliphatic rings. The van der Waals surface area contributed by atoms with Crippen molar-refractivity contribution in [1.82, 2.24) is 9.88 Å². The van der Waals surface area contributed by atoms with E-state index in [0.29, 0.717) is 23.3 Å². The van der Waals surface area contributed by atoms with Gasteiger partial charge in [-0.2, -0.15) is 5.26 Å². The fraction of sp³-hybridized carbons (Fsp3) is 0.231. The van der Waals surface area contributed by atoms with Crippen LogP contribution in [0.25, 0.3) is 0 Å². The standard InChI is InChI=1S/C24H24N4O4S.C2H4/c1-17(2)27-24(33-16-22(29)26-14-21-9-8-20(13-25)32-21)28-11-10-19(12-23(28)30)31-15-18-6-4-3-5-7-18;1-2/h3-12,17H,14-16H2,1-2H3,(H,26,29);1-2H2. The molecule has 1 N–H and O–H groups in total. The van der Waals surface area contributed by atoms with Crippen LogP contribution < -0.4 is 15.6 Å². The van der Waals surface area contributed by atoms with Gasteiger partial charge in [-0.15, -0.1) is 13.2 Å². The van der Waals surface area contributed by atoms with Crippen molar-refractivity contribution in [2.24, 2.45) is 4.99 Å². The Kier molecular flexibility index (Phi) is 11.1. The van der Waals surface area contributed by atoms with Crippen molar-refractivity contribution < 1.29 is 13.9 Å². The van der Waals surface area contributed by atoms with Crippen LogP contribution in [-0.4, -0.2) is 27.4 Å². The second-order valence-corrected chi connectivity index (χ2v) is 8.24. The van der Waals surface area contributed by atoms with Crippen molar-refractivity contribution in [2.45, 2.75) is 33.0 Å². The van der Waals surface area contributed by atoms with Crippen LogP contribution in [0.2, 0.25) is 0 Å². The van der Waals surface area contributed by atoms with Gasteiger partial charge in [-0.1, -0.05) is 42.1 Å². The van der Waals surface area contributed by atoms with E-state index in [2.05, 4.69) is 23.5 Å². The van der Waals surface area contributed by atoms with Crippen molar-refractivity contribution >= 4 is 22.8 Å². The number of thioether (sulfide) groups is 1. The number of carbonyl (C=O) groups is 1. The van der Waals surface area contributed by atoms with Gasteiger partial charge in [-0.25, -0.2) is 0 Å². The summed E-state index contributed by atoms with van der Waals surface area (Å²) in [5.74, 6) is 0.957. The molecule has 0 saturated carbocycles. The van der Waals surface area contributed by atoms with Crippen LogP contribution in [0.4, 0.5) is 0 Å². The van der Waals surface area contributed by atoms with Gasteiger partial charge in [0.1, 0.15) is 24.2 Å². The van der Waals surface area contributed by atoms with Crippen molar-refractivity contribution in [3.05, 3.63) is 101 Å². The molecular weight excluding hydrogens is 464 g/mol. The molecular formula is C26H28N4O4S. The number of rotatable bonds is 8. The minimum atomic E-state index is -0.299. The lowest BCUT2D eigenvalue weighted by atomic mass is 10.2. The summed E-state index contributed by atoms with van der Waals surface area (Å²) >= 11 is 1.16. The van der Waals surface area contributed by atoms with E-state index in [1.807, 2.05) is 50.2 Å². The summed E-state index contributed by atoms with van der Waals surface area (Å²) in [5.41, 5.74) is 0.705. The molecule has 2 aromatic heterocycles. The number of hydrogen-bond acceptors (Lipinski definition) is 7. The monoisotopic (exact) mass is 492 g/mol. The van der Waals surface area contributed by atoms with E-state index in [-0.39, 0.29) is 35.6 Å². The summed E-state index contributed by atoms with van der Waals surface area (Å²) in [7, 11) is 0. The van der Waals surface area contributed by atoms with Gasteiger partial charge in [0, 0.05) is 18.3 Å². The van der Waals surface area contributed by atoms with Gasteiger partial charge in [0.2, 0.25) is 11.7 Å². The molecule has 0 aliphatic carbocycles. The number of nitrogens with zero attached hydrogens (tertiary/aromatic N) is 3. The molecule has 3 aromatic rings. The quantitative estimate of drug-likeness (QED) is 0.284. The van der Waals surface area contributed by atoms with Gasteiger partial charge in [-0.3, -0.25) is 19.1 Å². The number of ether oxygens (including phenoxy) is 1. The number of benzene rings is 1. The molecule has 0 atom stereocenters. The fourth-order valence-electron chi connectivity index (χ4n) is 2.74. The average molecular weight is 493 g/mol. The van der Waals surface area contributed by atoms with Gasteiger partial charge in [-0.05, 0) is 37.6 Å². The lowest BCUT2D eigenvalue weighted by molar-refractivity contribution is -0.118. The molecule has 2 heterocycles. The summed E-state index contributed by atoms with van der Waals surface area (Å²) in [4.78, 5) is 29.5. The van der Waals surface area contributed by atoms with Gasteiger partial charge >= 0.3 is 0 Å². The minimum absolute atomic E-state index is 0.0655.